The summed E-state index contributed by atoms with van der Waals surface area (Å²) in [6.07, 6.45) is 5.61. The van der Waals surface area contributed by atoms with E-state index in [1.807, 2.05) is 24.3 Å². The summed E-state index contributed by atoms with van der Waals surface area (Å²) in [5.41, 5.74) is 4.98. The minimum absolute atomic E-state index is 0.0383. The van der Waals surface area contributed by atoms with Gasteiger partial charge in [0.2, 0.25) is 0 Å². The van der Waals surface area contributed by atoms with E-state index in [-0.39, 0.29) is 17.2 Å². The summed E-state index contributed by atoms with van der Waals surface area (Å²) in [5, 5.41) is 5.25. The van der Waals surface area contributed by atoms with Crippen LogP contribution in [0.25, 0.3) is 15.9 Å². The highest BCUT2D eigenvalue weighted by atomic mass is 79.9. The average Bonchev–Trinajstić information content (AvgIpc) is 3.31. The summed E-state index contributed by atoms with van der Waals surface area (Å²) >= 11 is 6.26. The number of hydrazone groups is 1. The van der Waals surface area contributed by atoms with Crippen LogP contribution in [-0.4, -0.2) is 41.6 Å². The van der Waals surface area contributed by atoms with Gasteiger partial charge < -0.3 is 9.47 Å². The molecule has 2 heterocycles. The van der Waals surface area contributed by atoms with Gasteiger partial charge in [-0.3, -0.25) is 14.2 Å². The highest BCUT2D eigenvalue weighted by molar-refractivity contribution is 9.10. The molecule has 5 rings (SSSR count). The van der Waals surface area contributed by atoms with Crippen molar-refractivity contribution < 1.29 is 14.3 Å². The van der Waals surface area contributed by atoms with Gasteiger partial charge >= 0.3 is 0 Å². The number of carbonyl (C=O) groups is 1. The molecule has 0 radical (unpaired) electrons. The first-order valence-corrected chi connectivity index (χ1v) is 14.6. The molecule has 0 atom stereocenters. The Morgan fingerprint density at radius 1 is 1.18 bits per heavy atom. The quantitative estimate of drug-likeness (QED) is 0.125. The van der Waals surface area contributed by atoms with Crippen LogP contribution >= 0.6 is 39.0 Å². The van der Waals surface area contributed by atoms with Crippen molar-refractivity contribution in [3.8, 4) is 17.2 Å². The van der Waals surface area contributed by atoms with Crippen LogP contribution in [0.2, 0.25) is 0 Å². The molecule has 0 fully saturated rings. The number of methoxy groups -OCH3 is 2. The minimum Gasteiger partial charge on any atom is -0.497 e. The molecule has 2 aromatic heterocycles. The van der Waals surface area contributed by atoms with E-state index in [2.05, 4.69) is 26.5 Å². The van der Waals surface area contributed by atoms with E-state index in [1.54, 1.807) is 48.3 Å². The molecule has 0 saturated carbocycles. The zero-order valence-corrected chi connectivity index (χ0v) is 24.0. The van der Waals surface area contributed by atoms with Gasteiger partial charge in [0.1, 0.15) is 16.3 Å². The van der Waals surface area contributed by atoms with E-state index in [0.717, 1.165) is 40.5 Å². The van der Waals surface area contributed by atoms with Crippen molar-refractivity contribution in [3.63, 3.8) is 0 Å². The number of amides is 1. The van der Waals surface area contributed by atoms with Crippen molar-refractivity contribution >= 4 is 61.4 Å². The summed E-state index contributed by atoms with van der Waals surface area (Å²) in [7, 11) is 3.13. The largest absolute Gasteiger partial charge is 0.497 e. The summed E-state index contributed by atoms with van der Waals surface area (Å²) in [5.74, 6) is 0.955. The molecule has 38 heavy (non-hydrogen) atoms. The van der Waals surface area contributed by atoms with Crippen molar-refractivity contribution in [2.75, 3.05) is 20.0 Å². The number of benzene rings is 2. The van der Waals surface area contributed by atoms with Crippen molar-refractivity contribution in [2.24, 2.45) is 5.10 Å². The number of thiophene rings is 1. The van der Waals surface area contributed by atoms with Gasteiger partial charge in [-0.15, -0.1) is 11.3 Å². The maximum Gasteiger partial charge on any atom is 0.267 e. The first kappa shape index (κ1) is 26.5. The molecule has 4 aromatic rings. The van der Waals surface area contributed by atoms with Crippen LogP contribution < -0.4 is 20.5 Å². The molecule has 0 aliphatic heterocycles. The molecule has 0 saturated heterocycles. The number of thioether (sulfide) groups is 1. The average molecular weight is 614 g/mol. The molecule has 11 heteroatoms. The summed E-state index contributed by atoms with van der Waals surface area (Å²) < 4.78 is 13.1. The fourth-order valence-corrected chi connectivity index (χ4v) is 6.73. The topological polar surface area (TPSA) is 94.8 Å². The second-order valence-corrected chi connectivity index (χ2v) is 11.5. The molecule has 1 amide bonds. The number of aryl methyl sites for hydroxylation is 2. The smallest absolute Gasteiger partial charge is 0.267 e. The molecular weight excluding hydrogens is 588 g/mol. The van der Waals surface area contributed by atoms with Crippen LogP contribution in [0.4, 0.5) is 0 Å². The number of aromatic nitrogens is 2. The number of halogens is 1. The van der Waals surface area contributed by atoms with Gasteiger partial charge in [-0.1, -0.05) is 27.7 Å². The summed E-state index contributed by atoms with van der Waals surface area (Å²) in [6.45, 7) is 0. The van der Waals surface area contributed by atoms with Crippen molar-refractivity contribution in [1.29, 1.82) is 0 Å². The predicted molar refractivity (Wildman–Crippen MR) is 156 cm³/mol. The Labute approximate surface area is 236 Å². The van der Waals surface area contributed by atoms with Crippen LogP contribution in [0.5, 0.6) is 11.5 Å². The van der Waals surface area contributed by atoms with E-state index in [0.29, 0.717) is 33.3 Å². The maximum atomic E-state index is 13.8. The lowest BCUT2D eigenvalue weighted by Gasteiger charge is -2.13. The van der Waals surface area contributed by atoms with Crippen LogP contribution in [0.3, 0.4) is 0 Å². The summed E-state index contributed by atoms with van der Waals surface area (Å²) in [4.78, 5) is 33.3. The highest BCUT2D eigenvalue weighted by Crippen LogP contribution is 2.35. The number of nitrogens with zero attached hydrogens (tertiary/aromatic N) is 3. The van der Waals surface area contributed by atoms with Crippen molar-refractivity contribution in [2.45, 2.75) is 30.8 Å². The predicted octanol–water partition coefficient (Wildman–Crippen LogP) is 5.35. The van der Waals surface area contributed by atoms with Crippen molar-refractivity contribution in [3.05, 3.63) is 73.3 Å². The third-order valence-corrected chi connectivity index (χ3v) is 8.86. The number of hydrogen-bond acceptors (Lipinski definition) is 8. The fraction of sp³-hybridized carbons (Fsp3) is 0.259. The first-order valence-electron chi connectivity index (χ1n) is 12.0. The lowest BCUT2D eigenvalue weighted by Crippen LogP contribution is -2.24. The normalized spacial score (nSPS) is 13.0. The maximum absolute atomic E-state index is 13.8. The van der Waals surface area contributed by atoms with Gasteiger partial charge in [-0.25, -0.2) is 10.4 Å². The second kappa shape index (κ2) is 11.7. The van der Waals surface area contributed by atoms with Gasteiger partial charge in [-0.2, -0.15) is 5.10 Å². The zero-order valence-electron chi connectivity index (χ0n) is 20.8. The monoisotopic (exact) mass is 612 g/mol. The standard InChI is InChI=1S/C27H25BrN4O4S2/c1-35-19-12-7-16(21(13-19)36-2)14-29-31-23(33)15-37-27-30-25-24(20-5-3-4-6-22(20)38-25)26(34)32(27)18-10-8-17(28)9-11-18/h7-14H,3-6,15H2,1-2H3,(H,31,33). The van der Waals surface area contributed by atoms with Gasteiger partial charge in [0.25, 0.3) is 11.5 Å². The number of hydrogen-bond donors (Lipinski definition) is 1. The van der Waals surface area contributed by atoms with E-state index in [1.165, 1.54) is 22.9 Å². The molecular formula is C27H25BrN4O4S2. The van der Waals surface area contributed by atoms with E-state index in [4.69, 9.17) is 14.5 Å². The van der Waals surface area contributed by atoms with Crippen molar-refractivity contribution in [1.82, 2.24) is 15.0 Å². The highest BCUT2D eigenvalue weighted by Gasteiger charge is 2.23. The molecule has 0 bridgehead atoms. The molecule has 0 spiro atoms. The SMILES string of the molecule is COc1ccc(C=NNC(=O)CSc2nc3sc4c(c3c(=O)n2-c2ccc(Br)cc2)CCCC4)c(OC)c1. The second-order valence-electron chi connectivity index (χ2n) is 8.59. The Balaban J connectivity index is 1.39. The Morgan fingerprint density at radius 3 is 2.74 bits per heavy atom. The molecule has 1 N–H and O–H groups in total. The Morgan fingerprint density at radius 2 is 1.97 bits per heavy atom. The number of fused-ring (bicyclic) bond motifs is 3. The van der Waals surface area contributed by atoms with Gasteiger partial charge in [-0.05, 0) is 67.6 Å². The molecule has 1 aliphatic carbocycles. The van der Waals surface area contributed by atoms with Gasteiger partial charge in [0.05, 0.1) is 37.3 Å². The van der Waals surface area contributed by atoms with Crippen LogP contribution in [0.1, 0.15) is 28.8 Å². The molecule has 196 valence electrons. The number of ether oxygens (including phenoxy) is 2. The van der Waals surface area contributed by atoms with E-state index in [9.17, 15) is 9.59 Å². The Bertz CT molecular complexity index is 1580. The van der Waals surface area contributed by atoms with E-state index >= 15 is 0 Å². The minimum atomic E-state index is -0.319. The first-order chi connectivity index (χ1) is 18.5. The lowest BCUT2D eigenvalue weighted by atomic mass is 9.97. The third kappa shape index (κ3) is 5.50. The third-order valence-electron chi connectivity index (χ3n) is 6.21. The van der Waals surface area contributed by atoms with Crippen LogP contribution in [-0.2, 0) is 17.6 Å². The number of nitrogens with one attached hydrogen (secondary N) is 1. The summed E-state index contributed by atoms with van der Waals surface area (Å²) in [6, 6.07) is 12.8. The van der Waals surface area contributed by atoms with E-state index < -0.39 is 0 Å². The Hall–Kier alpha value is -3.15. The van der Waals surface area contributed by atoms with Gasteiger partial charge in [0.15, 0.2) is 5.16 Å². The lowest BCUT2D eigenvalue weighted by molar-refractivity contribution is -0.118. The number of carbonyl (C=O) groups excluding carboxylic acids is 1. The van der Waals surface area contributed by atoms with Crippen LogP contribution in [0, 0.1) is 0 Å². The van der Waals surface area contributed by atoms with Gasteiger partial charge in [0, 0.05) is 21.0 Å². The van der Waals surface area contributed by atoms with Crippen LogP contribution in [0.15, 0.2) is 62.0 Å². The number of rotatable bonds is 8. The molecule has 1 aliphatic rings. The fourth-order valence-electron chi connectivity index (χ4n) is 4.36. The Kier molecular flexibility index (Phi) is 8.15. The molecule has 8 nitrogen and oxygen atoms in total. The molecule has 0 unspecified atom stereocenters. The zero-order chi connectivity index (χ0) is 26.6. The molecule has 2 aromatic carbocycles.